The van der Waals surface area contributed by atoms with Crippen molar-refractivity contribution in [2.75, 3.05) is 7.11 Å². The fraction of sp³-hybridized carbons (Fsp3) is 0.429. The van der Waals surface area contributed by atoms with Crippen LogP contribution < -0.4 is 15.2 Å². The van der Waals surface area contributed by atoms with Crippen LogP contribution in [0.2, 0.25) is 0 Å². The number of nitrogens with two attached hydrogens (primary N) is 1. The Kier molecular flexibility index (Phi) is 9.49. The van der Waals surface area contributed by atoms with Crippen molar-refractivity contribution >= 4 is 12.4 Å². The minimum Gasteiger partial charge on any atom is -0.493 e. The summed E-state index contributed by atoms with van der Waals surface area (Å²) in [5.74, 6) is 1.83. The lowest BCUT2D eigenvalue weighted by atomic mass is 9.96. The normalized spacial score (nSPS) is 13.0. The van der Waals surface area contributed by atoms with E-state index in [1.807, 2.05) is 48.5 Å². The van der Waals surface area contributed by atoms with Crippen molar-refractivity contribution in [1.82, 2.24) is 0 Å². The first-order valence-electron chi connectivity index (χ1n) is 8.79. The molecule has 4 nitrogen and oxygen atoms in total. The van der Waals surface area contributed by atoms with E-state index in [4.69, 9.17) is 15.2 Å². The number of benzene rings is 2. The monoisotopic (exact) mass is 379 g/mol. The number of rotatable bonds is 9. The Bertz CT molecular complexity index is 649. The van der Waals surface area contributed by atoms with Gasteiger partial charge in [-0.25, -0.2) is 0 Å². The maximum Gasteiger partial charge on any atom is 0.161 e. The molecule has 2 atom stereocenters. The largest absolute Gasteiger partial charge is 0.493 e. The third kappa shape index (κ3) is 6.52. The van der Waals surface area contributed by atoms with Gasteiger partial charge < -0.3 is 20.3 Å². The van der Waals surface area contributed by atoms with E-state index < -0.39 is 12.1 Å². The molecule has 0 aromatic heterocycles. The van der Waals surface area contributed by atoms with Gasteiger partial charge in [-0.05, 0) is 42.0 Å². The average Bonchev–Trinajstić information content (AvgIpc) is 2.64. The Hall–Kier alpha value is -1.75. The van der Waals surface area contributed by atoms with Crippen molar-refractivity contribution in [3.05, 3.63) is 59.7 Å². The molecule has 0 radical (unpaired) electrons. The summed E-state index contributed by atoms with van der Waals surface area (Å²) in [6, 6.07) is 15.1. The number of halogens is 1. The molecule has 2 aromatic carbocycles. The van der Waals surface area contributed by atoms with Crippen molar-refractivity contribution < 1.29 is 14.6 Å². The minimum atomic E-state index is -0.572. The molecule has 0 spiro atoms. The zero-order valence-corrected chi connectivity index (χ0v) is 16.5. The van der Waals surface area contributed by atoms with Gasteiger partial charge in [-0.15, -0.1) is 12.4 Å². The van der Waals surface area contributed by atoms with E-state index in [0.717, 1.165) is 17.5 Å². The molecule has 0 bridgehead atoms. The maximum absolute atomic E-state index is 10.3. The highest BCUT2D eigenvalue weighted by molar-refractivity contribution is 5.85. The van der Waals surface area contributed by atoms with Gasteiger partial charge >= 0.3 is 0 Å². The van der Waals surface area contributed by atoms with E-state index in [1.54, 1.807) is 7.11 Å². The molecule has 0 heterocycles. The first-order valence-corrected chi connectivity index (χ1v) is 8.79. The van der Waals surface area contributed by atoms with Crippen molar-refractivity contribution in [3.63, 3.8) is 0 Å². The number of aliphatic hydroxyl groups is 1. The lowest BCUT2D eigenvalue weighted by Crippen LogP contribution is -2.26. The molecule has 144 valence electrons. The number of ether oxygens (including phenoxy) is 2. The summed E-state index contributed by atoms with van der Waals surface area (Å²) in [4.78, 5) is 0. The van der Waals surface area contributed by atoms with Crippen LogP contribution >= 0.6 is 12.4 Å². The average molecular weight is 380 g/mol. The second kappa shape index (κ2) is 11.1. The zero-order chi connectivity index (χ0) is 18.2. The molecule has 0 saturated carbocycles. The van der Waals surface area contributed by atoms with Gasteiger partial charge in [0.2, 0.25) is 0 Å². The molecule has 26 heavy (non-hydrogen) atoms. The smallest absolute Gasteiger partial charge is 0.161 e. The van der Waals surface area contributed by atoms with Gasteiger partial charge in [0.25, 0.3) is 0 Å². The molecule has 2 rings (SSSR count). The highest BCUT2D eigenvalue weighted by Crippen LogP contribution is 2.32. The maximum atomic E-state index is 10.3. The molecule has 2 aromatic rings. The molecular formula is C21H30ClNO3. The molecule has 0 fully saturated rings. The zero-order valence-electron chi connectivity index (χ0n) is 15.7. The van der Waals surface area contributed by atoms with Gasteiger partial charge in [-0.3, -0.25) is 0 Å². The molecule has 5 heteroatoms. The summed E-state index contributed by atoms with van der Waals surface area (Å²) in [5.41, 5.74) is 8.17. The van der Waals surface area contributed by atoms with E-state index in [0.29, 0.717) is 30.4 Å². The summed E-state index contributed by atoms with van der Waals surface area (Å²) >= 11 is 0. The molecule has 0 aliphatic carbocycles. The third-order valence-corrected chi connectivity index (χ3v) is 4.26. The van der Waals surface area contributed by atoms with Crippen molar-refractivity contribution in [3.8, 4) is 11.5 Å². The Morgan fingerprint density at radius 1 is 1.00 bits per heavy atom. The fourth-order valence-corrected chi connectivity index (χ4v) is 2.65. The minimum absolute atomic E-state index is 0. The second-order valence-corrected chi connectivity index (χ2v) is 6.75. The predicted octanol–water partition coefficient (Wildman–Crippen LogP) is 4.49. The van der Waals surface area contributed by atoms with E-state index in [2.05, 4.69) is 13.8 Å². The highest BCUT2D eigenvalue weighted by Gasteiger charge is 2.19. The predicted molar refractivity (Wildman–Crippen MR) is 108 cm³/mol. The molecule has 0 aliphatic heterocycles. The number of hydrogen-bond acceptors (Lipinski definition) is 4. The van der Waals surface area contributed by atoms with Crippen molar-refractivity contribution in [2.24, 2.45) is 11.7 Å². The van der Waals surface area contributed by atoms with Gasteiger partial charge in [0.1, 0.15) is 6.61 Å². The van der Waals surface area contributed by atoms with E-state index in [9.17, 15) is 5.11 Å². The molecular weight excluding hydrogens is 350 g/mol. The summed E-state index contributed by atoms with van der Waals surface area (Å²) in [6.07, 6.45) is 1.06. The van der Waals surface area contributed by atoms with E-state index in [1.165, 1.54) is 0 Å². The van der Waals surface area contributed by atoms with Crippen LogP contribution in [0.1, 0.15) is 43.9 Å². The van der Waals surface area contributed by atoms with E-state index >= 15 is 0 Å². The van der Waals surface area contributed by atoms with Gasteiger partial charge in [0, 0.05) is 0 Å². The van der Waals surface area contributed by atoms with Crippen LogP contribution in [0.15, 0.2) is 48.5 Å². The topological polar surface area (TPSA) is 64.7 Å². The van der Waals surface area contributed by atoms with Crippen LogP contribution in [0.4, 0.5) is 0 Å². The lowest BCUT2D eigenvalue weighted by molar-refractivity contribution is 0.128. The second-order valence-electron chi connectivity index (χ2n) is 6.75. The molecule has 3 N–H and O–H groups in total. The molecule has 0 unspecified atom stereocenters. The highest BCUT2D eigenvalue weighted by atomic mass is 35.5. The van der Waals surface area contributed by atoms with Crippen LogP contribution in [-0.2, 0) is 6.61 Å². The SMILES string of the molecule is COc1ccc([C@H](N)[C@H](O)CCC(C)C)cc1OCc1ccccc1.Cl. The molecule has 0 amide bonds. The first-order chi connectivity index (χ1) is 12.0. The van der Waals surface area contributed by atoms with Crippen LogP contribution in [0.3, 0.4) is 0 Å². The third-order valence-electron chi connectivity index (χ3n) is 4.26. The Balaban J connectivity index is 0.00000338. The number of hydrogen-bond donors (Lipinski definition) is 2. The number of aliphatic hydroxyl groups excluding tert-OH is 1. The van der Waals surface area contributed by atoms with Gasteiger partial charge in [-0.2, -0.15) is 0 Å². The summed E-state index contributed by atoms with van der Waals surface area (Å²) in [6.45, 7) is 4.73. The fourth-order valence-electron chi connectivity index (χ4n) is 2.65. The number of methoxy groups -OCH3 is 1. The Labute approximate surface area is 162 Å². The van der Waals surface area contributed by atoms with E-state index in [-0.39, 0.29) is 12.4 Å². The first kappa shape index (κ1) is 22.3. The summed E-state index contributed by atoms with van der Waals surface area (Å²) < 4.78 is 11.3. The molecule has 0 aliphatic rings. The molecule has 0 saturated heterocycles. The van der Waals surface area contributed by atoms with Gasteiger partial charge in [0.15, 0.2) is 11.5 Å². The van der Waals surface area contributed by atoms with Crippen LogP contribution in [0, 0.1) is 5.92 Å². The van der Waals surface area contributed by atoms with Crippen LogP contribution in [-0.4, -0.2) is 18.3 Å². The van der Waals surface area contributed by atoms with Gasteiger partial charge in [-0.1, -0.05) is 50.2 Å². The van der Waals surface area contributed by atoms with Gasteiger partial charge in [0.05, 0.1) is 19.3 Å². The summed E-state index contributed by atoms with van der Waals surface area (Å²) in [7, 11) is 1.61. The van der Waals surface area contributed by atoms with Crippen LogP contribution in [0.25, 0.3) is 0 Å². The summed E-state index contributed by atoms with van der Waals surface area (Å²) in [5, 5.41) is 10.3. The van der Waals surface area contributed by atoms with Crippen LogP contribution in [0.5, 0.6) is 11.5 Å². The van der Waals surface area contributed by atoms with Crippen molar-refractivity contribution in [2.45, 2.75) is 45.4 Å². The Morgan fingerprint density at radius 2 is 1.69 bits per heavy atom. The van der Waals surface area contributed by atoms with Crippen molar-refractivity contribution in [1.29, 1.82) is 0 Å². The lowest BCUT2D eigenvalue weighted by Gasteiger charge is -2.21. The quantitative estimate of drug-likeness (QED) is 0.673. The standard InChI is InChI=1S/C21H29NO3.ClH/c1-15(2)9-11-18(23)21(22)17-10-12-19(24-3)20(13-17)25-14-16-7-5-4-6-8-16;/h4-8,10,12-13,15,18,21,23H,9,11,14,22H2,1-3H3;1H/t18-,21+;/m1./s1. The Morgan fingerprint density at radius 3 is 2.31 bits per heavy atom.